The summed E-state index contributed by atoms with van der Waals surface area (Å²) in [5, 5.41) is 11.4. The first-order valence-electron chi connectivity index (χ1n) is 12.6. The van der Waals surface area contributed by atoms with E-state index >= 15 is 0 Å². The fourth-order valence-corrected chi connectivity index (χ4v) is 4.96. The number of aromatic nitrogens is 5. The zero-order valence-corrected chi connectivity index (χ0v) is 26.0. The van der Waals surface area contributed by atoms with Gasteiger partial charge in [0.1, 0.15) is 23.7 Å². The summed E-state index contributed by atoms with van der Waals surface area (Å²) in [5.74, 6) is 1.45. The Balaban J connectivity index is 0.000000728. The number of methoxy groups -OCH3 is 1. The average Bonchev–Trinajstić information content (AvgIpc) is 3.61. The molecule has 0 bridgehead atoms. The van der Waals surface area contributed by atoms with Crippen LogP contribution >= 0.6 is 35.7 Å². The number of nitrogens with one attached hydrogen (secondary N) is 2. The van der Waals surface area contributed by atoms with Crippen LogP contribution in [0.3, 0.4) is 0 Å². The van der Waals surface area contributed by atoms with Crippen molar-refractivity contribution in [1.82, 2.24) is 30.0 Å². The number of nitrogens with zero attached hydrogens (tertiary/aromatic N) is 5. The van der Waals surface area contributed by atoms with Crippen LogP contribution in [-0.4, -0.2) is 63.7 Å². The van der Waals surface area contributed by atoms with Crippen molar-refractivity contribution >= 4 is 68.4 Å². The molecule has 6 rings (SSSR count). The van der Waals surface area contributed by atoms with Crippen molar-refractivity contribution in [2.75, 3.05) is 44.3 Å². The first-order valence-corrected chi connectivity index (χ1v) is 16.0. The van der Waals surface area contributed by atoms with Gasteiger partial charge >= 0.3 is 0 Å². The summed E-state index contributed by atoms with van der Waals surface area (Å²) < 4.78 is 29.1. The molecule has 0 atom stereocenters. The maximum absolute atomic E-state index is 14.7. The lowest BCUT2D eigenvalue weighted by Crippen LogP contribution is -2.25. The summed E-state index contributed by atoms with van der Waals surface area (Å²) >= 11 is 6.84. The van der Waals surface area contributed by atoms with Crippen LogP contribution in [0.2, 0.25) is 0 Å². The van der Waals surface area contributed by atoms with Gasteiger partial charge in [0.2, 0.25) is 5.88 Å². The Bertz CT molecular complexity index is 1650. The van der Waals surface area contributed by atoms with Crippen LogP contribution in [0.1, 0.15) is 6.42 Å². The van der Waals surface area contributed by atoms with Crippen LogP contribution in [0.5, 0.6) is 11.6 Å². The van der Waals surface area contributed by atoms with Gasteiger partial charge < -0.3 is 20.1 Å². The molecule has 0 radical (unpaired) electrons. The van der Waals surface area contributed by atoms with Gasteiger partial charge in [-0.3, -0.25) is 4.68 Å². The van der Waals surface area contributed by atoms with E-state index in [9.17, 15) is 4.39 Å². The first kappa shape index (κ1) is 30.6. The minimum atomic E-state index is -0.319. The number of aryl methyl sites for hydroxylation is 1. The third-order valence-electron chi connectivity index (χ3n) is 5.94. The Hall–Kier alpha value is -3.39. The second-order valence-electron chi connectivity index (χ2n) is 8.74. The Morgan fingerprint density at radius 2 is 1.93 bits per heavy atom. The normalized spacial score (nSPS) is 12.9. The molecule has 0 aliphatic carbocycles. The van der Waals surface area contributed by atoms with E-state index in [1.165, 1.54) is 6.33 Å². The molecule has 2 N–H and O–H groups in total. The molecular weight excluding hydrogens is 582 g/mol. The Morgan fingerprint density at radius 3 is 2.68 bits per heavy atom. The minimum absolute atomic E-state index is 0.139. The lowest BCUT2D eigenvalue weighted by atomic mass is 10.0. The predicted octanol–water partition coefficient (Wildman–Crippen LogP) is 6.47. The monoisotopic (exact) mass is 613 g/mol. The van der Waals surface area contributed by atoms with Gasteiger partial charge in [-0.1, -0.05) is 0 Å². The van der Waals surface area contributed by atoms with E-state index in [0.29, 0.717) is 47.1 Å². The van der Waals surface area contributed by atoms with Crippen molar-refractivity contribution in [1.29, 1.82) is 0 Å². The molecule has 0 saturated carbocycles. The fourth-order valence-electron chi connectivity index (χ4n) is 4.24. The number of hydrogen-bond acceptors (Lipinski definition) is 11. The van der Waals surface area contributed by atoms with Crippen LogP contribution in [0.25, 0.3) is 32.2 Å². The third kappa shape index (κ3) is 7.10. The molecule has 4 heterocycles. The summed E-state index contributed by atoms with van der Waals surface area (Å²) in [6, 6.07) is 9.70. The molecular formula is C28H32FN7O2S3. The number of thiol groups is 1. The van der Waals surface area contributed by atoms with E-state index in [4.69, 9.17) is 9.47 Å². The molecule has 41 heavy (non-hydrogen) atoms. The molecule has 9 nitrogen and oxygen atoms in total. The van der Waals surface area contributed by atoms with Gasteiger partial charge in [0.25, 0.3) is 0 Å². The number of fused-ring (bicyclic) bond motifs is 2. The molecule has 1 aliphatic heterocycles. The molecule has 0 fully saturated rings. The highest BCUT2D eigenvalue weighted by Gasteiger charge is 2.21. The number of benzene rings is 2. The van der Waals surface area contributed by atoms with Gasteiger partial charge in [-0.2, -0.15) is 24.4 Å². The Kier molecular flexibility index (Phi) is 10.8. The van der Waals surface area contributed by atoms with Gasteiger partial charge in [0.15, 0.2) is 5.83 Å². The number of thiazole rings is 1. The van der Waals surface area contributed by atoms with Gasteiger partial charge in [-0.05, 0) is 54.7 Å². The van der Waals surface area contributed by atoms with Crippen molar-refractivity contribution < 1.29 is 13.9 Å². The van der Waals surface area contributed by atoms with Crippen molar-refractivity contribution in [3.05, 3.63) is 60.0 Å². The SMILES string of the molecule is COc1nn(C)cc1-c1cc(OC2=C(F)CNCC2)c2c(Nc3ccc4ncsc4c3)ncnc2c1.CS.CSC. The molecule has 0 spiro atoms. The van der Waals surface area contributed by atoms with Crippen LogP contribution in [0.15, 0.2) is 60.0 Å². The van der Waals surface area contributed by atoms with E-state index in [0.717, 1.165) is 27.0 Å². The summed E-state index contributed by atoms with van der Waals surface area (Å²) in [5.41, 5.74) is 5.80. The number of halogens is 1. The third-order valence-corrected chi connectivity index (χ3v) is 6.73. The highest BCUT2D eigenvalue weighted by molar-refractivity contribution is 7.97. The van der Waals surface area contributed by atoms with Gasteiger partial charge in [0, 0.05) is 31.9 Å². The van der Waals surface area contributed by atoms with Crippen LogP contribution in [0, 0.1) is 0 Å². The van der Waals surface area contributed by atoms with Crippen LogP contribution in [-0.2, 0) is 7.05 Å². The molecule has 0 saturated heterocycles. The van der Waals surface area contributed by atoms with Gasteiger partial charge in [-0.15, -0.1) is 16.4 Å². The number of ether oxygens (including phenoxy) is 2. The van der Waals surface area contributed by atoms with Crippen molar-refractivity contribution in [2.45, 2.75) is 6.42 Å². The molecule has 0 amide bonds. The number of hydrogen-bond donors (Lipinski definition) is 3. The molecule has 3 aromatic heterocycles. The van der Waals surface area contributed by atoms with Crippen molar-refractivity contribution in [3.8, 4) is 22.8 Å². The fraction of sp³-hybridized carbons (Fsp3) is 0.286. The van der Waals surface area contributed by atoms with E-state index in [2.05, 4.69) is 43.3 Å². The van der Waals surface area contributed by atoms with E-state index in [1.54, 1.807) is 41.1 Å². The minimum Gasteiger partial charge on any atom is -0.479 e. The summed E-state index contributed by atoms with van der Waals surface area (Å²) in [7, 11) is 3.40. The first-order chi connectivity index (χ1) is 20.0. The molecule has 1 aliphatic rings. The molecule has 216 valence electrons. The summed E-state index contributed by atoms with van der Waals surface area (Å²) in [4.78, 5) is 13.4. The van der Waals surface area contributed by atoms with Crippen molar-refractivity contribution in [3.63, 3.8) is 0 Å². The smallest absolute Gasteiger partial charge is 0.240 e. The second-order valence-corrected chi connectivity index (χ2v) is 10.4. The quantitative estimate of drug-likeness (QED) is 0.186. The maximum atomic E-state index is 14.7. The lowest BCUT2D eigenvalue weighted by Gasteiger charge is -2.19. The zero-order chi connectivity index (χ0) is 29.4. The molecule has 13 heteroatoms. The number of rotatable bonds is 6. The highest BCUT2D eigenvalue weighted by Crippen LogP contribution is 2.40. The van der Waals surface area contributed by atoms with Crippen LogP contribution in [0.4, 0.5) is 15.9 Å². The maximum Gasteiger partial charge on any atom is 0.240 e. The van der Waals surface area contributed by atoms with Gasteiger partial charge in [-0.25, -0.2) is 19.3 Å². The molecule has 5 aromatic rings. The Labute approximate surface area is 252 Å². The standard InChI is InChI=1S/C25H22FN7O2S.C2H6S.CH4S/c1-33-11-16(25(32-33)34-2)14-7-19-23(21(8-14)35-20-5-6-27-10-17(20)26)24(29-12-28-19)31-15-3-4-18-22(9-15)36-13-30-18;1-3-2;1-2/h3-4,7-9,11-13,27H,5-6,10H2,1-2H3,(H,28,29,31);1-2H3;2H,1H3. The largest absolute Gasteiger partial charge is 0.479 e. The van der Waals surface area contributed by atoms with E-state index in [1.807, 2.05) is 61.6 Å². The lowest BCUT2D eigenvalue weighted by molar-refractivity contribution is 0.351. The molecule has 0 unspecified atom stereocenters. The van der Waals surface area contributed by atoms with Crippen molar-refractivity contribution in [2.24, 2.45) is 7.05 Å². The number of thioether (sulfide) groups is 1. The summed E-state index contributed by atoms with van der Waals surface area (Å²) in [6.07, 6.45) is 9.57. The highest BCUT2D eigenvalue weighted by atomic mass is 32.2. The summed E-state index contributed by atoms with van der Waals surface area (Å²) in [6.45, 7) is 0.771. The van der Waals surface area contributed by atoms with Gasteiger partial charge in [0.05, 0.1) is 45.8 Å². The molecule has 2 aromatic carbocycles. The van der Waals surface area contributed by atoms with Crippen LogP contribution < -0.4 is 20.1 Å². The van der Waals surface area contributed by atoms with E-state index < -0.39 is 0 Å². The topological polar surface area (TPSA) is 99.0 Å². The number of anilines is 2. The van der Waals surface area contributed by atoms with E-state index in [-0.39, 0.29) is 12.4 Å². The zero-order valence-electron chi connectivity index (χ0n) is 23.4. The Morgan fingerprint density at radius 1 is 1.12 bits per heavy atom. The predicted molar refractivity (Wildman–Crippen MR) is 172 cm³/mol. The average molecular weight is 614 g/mol. The second kappa shape index (κ2) is 14.5.